The summed E-state index contributed by atoms with van der Waals surface area (Å²) in [5, 5.41) is 3.40. The third kappa shape index (κ3) is 4.82. The van der Waals surface area contributed by atoms with E-state index in [-0.39, 0.29) is 17.5 Å². The first kappa shape index (κ1) is 16.5. The monoisotopic (exact) mass is 309 g/mol. The van der Waals surface area contributed by atoms with Crippen molar-refractivity contribution in [1.29, 1.82) is 0 Å². The van der Waals surface area contributed by atoms with Crippen molar-refractivity contribution in [2.24, 2.45) is 5.92 Å². The first-order valence-electron chi connectivity index (χ1n) is 8.00. The van der Waals surface area contributed by atoms with Crippen molar-refractivity contribution >= 4 is 9.84 Å². The predicted octanol–water partition coefficient (Wildman–Crippen LogP) is 3.08. The molecule has 118 valence electrons. The van der Waals surface area contributed by atoms with Crippen molar-refractivity contribution in [3.8, 4) is 0 Å². The highest BCUT2D eigenvalue weighted by Crippen LogP contribution is 2.28. The molecule has 0 heterocycles. The molecule has 0 amide bonds. The molecule has 1 saturated carbocycles. The van der Waals surface area contributed by atoms with Crippen LogP contribution in [0.1, 0.15) is 43.7 Å². The Morgan fingerprint density at radius 2 is 1.90 bits per heavy atom. The van der Waals surface area contributed by atoms with E-state index in [1.165, 1.54) is 12.8 Å². The normalized spacial score (nSPS) is 18.0. The zero-order chi connectivity index (χ0) is 15.3. The van der Waals surface area contributed by atoms with Crippen LogP contribution in [-0.2, 0) is 15.6 Å². The summed E-state index contributed by atoms with van der Waals surface area (Å²) in [6, 6.07) is 7.88. The van der Waals surface area contributed by atoms with Crippen molar-refractivity contribution in [2.45, 2.75) is 51.3 Å². The summed E-state index contributed by atoms with van der Waals surface area (Å²) in [6.07, 6.45) is 4.81. The van der Waals surface area contributed by atoms with E-state index < -0.39 is 9.84 Å². The summed E-state index contributed by atoms with van der Waals surface area (Å²) in [7, 11) is -3.08. The maximum absolute atomic E-state index is 12.6. The molecule has 1 N–H and O–H groups in total. The molecule has 0 aromatic heterocycles. The van der Waals surface area contributed by atoms with E-state index in [9.17, 15) is 8.42 Å². The van der Waals surface area contributed by atoms with Crippen molar-refractivity contribution in [3.63, 3.8) is 0 Å². The van der Waals surface area contributed by atoms with Crippen LogP contribution in [0.2, 0.25) is 0 Å². The van der Waals surface area contributed by atoms with Crippen LogP contribution in [0.4, 0.5) is 0 Å². The van der Waals surface area contributed by atoms with Gasteiger partial charge in [-0.3, -0.25) is 0 Å². The largest absolute Gasteiger partial charge is 0.313 e. The molecule has 1 fully saturated rings. The van der Waals surface area contributed by atoms with E-state index in [0.29, 0.717) is 5.92 Å². The summed E-state index contributed by atoms with van der Waals surface area (Å²) < 4.78 is 25.1. The first-order valence-corrected chi connectivity index (χ1v) is 9.82. The molecule has 1 atom stereocenters. The van der Waals surface area contributed by atoms with Gasteiger partial charge in [-0.05, 0) is 43.4 Å². The minimum atomic E-state index is -3.08. The lowest BCUT2D eigenvalue weighted by atomic mass is 10.00. The highest BCUT2D eigenvalue weighted by molar-refractivity contribution is 7.90. The third-order valence-electron chi connectivity index (χ3n) is 4.51. The standard InChI is InChI=1S/C17H27NO2S/c1-3-18-17(15-9-6-7-10-15)13-21(19,20)12-16-11-5-4-8-14(16)2/h4-5,8,11,15,17-18H,3,6-7,9-10,12-13H2,1-2H3. The molecule has 0 bridgehead atoms. The van der Waals surface area contributed by atoms with E-state index >= 15 is 0 Å². The molecule has 1 aromatic rings. The molecule has 1 aliphatic carbocycles. The molecule has 21 heavy (non-hydrogen) atoms. The third-order valence-corrected chi connectivity index (χ3v) is 6.12. The Labute approximate surface area is 129 Å². The van der Waals surface area contributed by atoms with Crippen molar-refractivity contribution < 1.29 is 8.42 Å². The maximum Gasteiger partial charge on any atom is 0.155 e. The Balaban J connectivity index is 2.05. The molecule has 0 spiro atoms. The topological polar surface area (TPSA) is 46.2 Å². The number of sulfone groups is 1. The van der Waals surface area contributed by atoms with Crippen LogP contribution in [-0.4, -0.2) is 26.8 Å². The van der Waals surface area contributed by atoms with Crippen LogP contribution < -0.4 is 5.32 Å². The Morgan fingerprint density at radius 3 is 2.52 bits per heavy atom. The molecule has 1 aliphatic rings. The van der Waals surface area contributed by atoms with Crippen molar-refractivity contribution in [1.82, 2.24) is 5.32 Å². The molecular formula is C17H27NO2S. The zero-order valence-electron chi connectivity index (χ0n) is 13.1. The number of rotatable bonds is 7. The molecular weight excluding hydrogens is 282 g/mol. The molecule has 2 rings (SSSR count). The first-order chi connectivity index (χ1) is 10.0. The number of hydrogen-bond donors (Lipinski definition) is 1. The van der Waals surface area contributed by atoms with Crippen molar-refractivity contribution in [3.05, 3.63) is 35.4 Å². The van der Waals surface area contributed by atoms with Crippen LogP contribution >= 0.6 is 0 Å². The fourth-order valence-electron chi connectivity index (χ4n) is 3.33. The van der Waals surface area contributed by atoms with Gasteiger partial charge in [0.05, 0.1) is 11.5 Å². The highest BCUT2D eigenvalue weighted by Gasteiger charge is 2.28. The minimum absolute atomic E-state index is 0.117. The Morgan fingerprint density at radius 1 is 1.24 bits per heavy atom. The maximum atomic E-state index is 12.6. The molecule has 3 nitrogen and oxygen atoms in total. The second-order valence-corrected chi connectivity index (χ2v) is 8.30. The van der Waals surface area contributed by atoms with Gasteiger partial charge in [0.2, 0.25) is 0 Å². The van der Waals surface area contributed by atoms with Gasteiger partial charge in [-0.25, -0.2) is 8.42 Å². The number of benzene rings is 1. The lowest BCUT2D eigenvalue weighted by molar-refractivity contribution is 0.388. The van der Waals surface area contributed by atoms with Crippen molar-refractivity contribution in [2.75, 3.05) is 12.3 Å². The van der Waals surface area contributed by atoms with Gasteiger partial charge in [0, 0.05) is 6.04 Å². The van der Waals surface area contributed by atoms with Crippen LogP contribution in [0, 0.1) is 12.8 Å². The van der Waals surface area contributed by atoms with Gasteiger partial charge in [0.25, 0.3) is 0 Å². The summed E-state index contributed by atoms with van der Waals surface area (Å²) >= 11 is 0. The predicted molar refractivity (Wildman–Crippen MR) is 88.1 cm³/mol. The summed E-state index contributed by atoms with van der Waals surface area (Å²) in [5.41, 5.74) is 1.99. The van der Waals surface area contributed by atoms with E-state index in [4.69, 9.17) is 0 Å². The van der Waals surface area contributed by atoms with Gasteiger partial charge in [-0.1, -0.05) is 44.0 Å². The van der Waals surface area contributed by atoms with E-state index in [1.807, 2.05) is 31.2 Å². The van der Waals surface area contributed by atoms with Crippen LogP contribution in [0.3, 0.4) is 0 Å². The lowest BCUT2D eigenvalue weighted by Gasteiger charge is -2.24. The second kappa shape index (κ2) is 7.41. The minimum Gasteiger partial charge on any atom is -0.313 e. The lowest BCUT2D eigenvalue weighted by Crippen LogP contribution is -2.41. The molecule has 1 aromatic carbocycles. The van der Waals surface area contributed by atoms with Crippen LogP contribution in [0.25, 0.3) is 0 Å². The van der Waals surface area contributed by atoms with E-state index in [1.54, 1.807) is 0 Å². The number of hydrogen-bond acceptors (Lipinski definition) is 3. The highest BCUT2D eigenvalue weighted by atomic mass is 32.2. The van der Waals surface area contributed by atoms with Crippen LogP contribution in [0.5, 0.6) is 0 Å². The fraction of sp³-hybridized carbons (Fsp3) is 0.647. The fourth-order valence-corrected chi connectivity index (χ4v) is 5.18. The average Bonchev–Trinajstić information content (AvgIpc) is 2.94. The molecule has 1 unspecified atom stereocenters. The van der Waals surface area contributed by atoms with Gasteiger partial charge < -0.3 is 5.32 Å². The summed E-state index contributed by atoms with van der Waals surface area (Å²) in [5.74, 6) is 0.949. The van der Waals surface area contributed by atoms with E-state index in [0.717, 1.165) is 30.5 Å². The zero-order valence-corrected chi connectivity index (χ0v) is 14.0. The van der Waals surface area contributed by atoms with Crippen LogP contribution in [0.15, 0.2) is 24.3 Å². The smallest absolute Gasteiger partial charge is 0.155 e. The summed E-state index contributed by atoms with van der Waals surface area (Å²) in [6.45, 7) is 4.86. The van der Waals surface area contributed by atoms with Gasteiger partial charge >= 0.3 is 0 Å². The Hall–Kier alpha value is -0.870. The average molecular weight is 309 g/mol. The number of nitrogens with one attached hydrogen (secondary N) is 1. The second-order valence-electron chi connectivity index (χ2n) is 6.19. The molecule has 0 saturated heterocycles. The number of aryl methyl sites for hydroxylation is 1. The van der Waals surface area contributed by atoms with Gasteiger partial charge in [0.15, 0.2) is 9.84 Å². The quantitative estimate of drug-likeness (QED) is 0.842. The molecule has 0 aliphatic heterocycles. The van der Waals surface area contributed by atoms with E-state index in [2.05, 4.69) is 12.2 Å². The van der Waals surface area contributed by atoms with Gasteiger partial charge in [-0.15, -0.1) is 0 Å². The van der Waals surface area contributed by atoms with Gasteiger partial charge in [0.1, 0.15) is 0 Å². The molecule has 4 heteroatoms. The molecule has 0 radical (unpaired) electrons. The Bertz CT molecular complexity index is 548. The van der Waals surface area contributed by atoms with Gasteiger partial charge in [-0.2, -0.15) is 0 Å². The summed E-state index contributed by atoms with van der Waals surface area (Å²) in [4.78, 5) is 0. The Kier molecular flexibility index (Phi) is 5.82. The SMILES string of the molecule is CCNC(CS(=O)(=O)Cc1ccccc1C)C1CCCC1.